The fourth-order valence-corrected chi connectivity index (χ4v) is 2.30. The Hall–Kier alpha value is -0.860. The maximum atomic E-state index is 11.4. The molecule has 1 rings (SSSR count). The van der Waals surface area contributed by atoms with E-state index in [2.05, 4.69) is 0 Å². The summed E-state index contributed by atoms with van der Waals surface area (Å²) in [6.07, 6.45) is 7.19. The van der Waals surface area contributed by atoms with Crippen LogP contribution in [0.1, 0.15) is 58.3 Å². The second-order valence-corrected chi connectivity index (χ2v) is 4.55. The van der Waals surface area contributed by atoms with Gasteiger partial charge in [0.1, 0.15) is 5.78 Å². The van der Waals surface area contributed by atoms with Crippen LogP contribution in [0.2, 0.25) is 0 Å². The minimum absolute atomic E-state index is 0.109. The number of rotatable bonds is 5. The highest BCUT2D eigenvalue weighted by Gasteiger charge is 2.17. The maximum Gasteiger partial charge on any atom is 0.305 e. The lowest BCUT2D eigenvalue weighted by Gasteiger charge is -2.12. The van der Waals surface area contributed by atoms with E-state index >= 15 is 0 Å². The third-order valence-corrected chi connectivity index (χ3v) is 3.13. The zero-order valence-corrected chi connectivity index (χ0v) is 10.2. The van der Waals surface area contributed by atoms with Crippen molar-refractivity contribution >= 4 is 11.8 Å². The molecule has 0 bridgehead atoms. The average Bonchev–Trinajstić information content (AvgIpc) is 2.43. The summed E-state index contributed by atoms with van der Waals surface area (Å²) in [6.45, 7) is 2.28. The monoisotopic (exact) mass is 226 g/mol. The van der Waals surface area contributed by atoms with Crippen LogP contribution in [0.4, 0.5) is 0 Å². The van der Waals surface area contributed by atoms with Crippen LogP contribution in [-0.4, -0.2) is 18.4 Å². The molecule has 0 heterocycles. The van der Waals surface area contributed by atoms with Gasteiger partial charge >= 0.3 is 5.97 Å². The topological polar surface area (TPSA) is 43.4 Å². The van der Waals surface area contributed by atoms with E-state index in [0.29, 0.717) is 24.7 Å². The van der Waals surface area contributed by atoms with Crippen LogP contribution in [0.25, 0.3) is 0 Å². The quantitative estimate of drug-likeness (QED) is 0.535. The Morgan fingerprint density at radius 3 is 3.00 bits per heavy atom. The molecule has 1 atom stereocenters. The van der Waals surface area contributed by atoms with Gasteiger partial charge in [0, 0.05) is 19.3 Å². The van der Waals surface area contributed by atoms with Gasteiger partial charge in [-0.15, -0.1) is 0 Å². The van der Waals surface area contributed by atoms with Gasteiger partial charge in [0.25, 0.3) is 0 Å². The Kier molecular flexibility index (Phi) is 6.12. The molecule has 1 fully saturated rings. The van der Waals surface area contributed by atoms with Crippen LogP contribution in [-0.2, 0) is 14.3 Å². The molecule has 1 unspecified atom stereocenters. The molecule has 1 aliphatic rings. The fraction of sp³-hybridized carbons (Fsp3) is 0.846. The van der Waals surface area contributed by atoms with E-state index in [1.165, 1.54) is 0 Å². The summed E-state index contributed by atoms with van der Waals surface area (Å²) < 4.78 is 4.87. The van der Waals surface area contributed by atoms with Crippen molar-refractivity contribution in [2.75, 3.05) is 6.61 Å². The van der Waals surface area contributed by atoms with E-state index in [4.69, 9.17) is 4.74 Å². The molecule has 1 aliphatic carbocycles. The van der Waals surface area contributed by atoms with Crippen LogP contribution in [0.15, 0.2) is 0 Å². The predicted molar refractivity (Wildman–Crippen MR) is 62.1 cm³/mol. The first-order chi connectivity index (χ1) is 7.72. The van der Waals surface area contributed by atoms with Crippen molar-refractivity contribution < 1.29 is 14.3 Å². The Morgan fingerprint density at radius 1 is 1.44 bits per heavy atom. The van der Waals surface area contributed by atoms with Gasteiger partial charge in [0.05, 0.1) is 6.61 Å². The third kappa shape index (κ3) is 5.29. The lowest BCUT2D eigenvalue weighted by Crippen LogP contribution is -2.08. The first kappa shape index (κ1) is 13.2. The van der Waals surface area contributed by atoms with E-state index in [0.717, 1.165) is 44.9 Å². The summed E-state index contributed by atoms with van der Waals surface area (Å²) in [5.74, 6) is 0.797. The lowest BCUT2D eigenvalue weighted by molar-refractivity contribution is -0.143. The molecule has 92 valence electrons. The molecular formula is C13H22O3. The van der Waals surface area contributed by atoms with Gasteiger partial charge < -0.3 is 4.74 Å². The first-order valence-electron chi connectivity index (χ1n) is 6.39. The largest absolute Gasteiger partial charge is 0.466 e. The second-order valence-electron chi connectivity index (χ2n) is 4.55. The van der Waals surface area contributed by atoms with Crippen molar-refractivity contribution in [3.63, 3.8) is 0 Å². The summed E-state index contributed by atoms with van der Waals surface area (Å²) in [5.41, 5.74) is 0. The third-order valence-electron chi connectivity index (χ3n) is 3.13. The second kappa shape index (κ2) is 7.42. The molecule has 0 aromatic carbocycles. The van der Waals surface area contributed by atoms with Crippen molar-refractivity contribution in [2.45, 2.75) is 58.3 Å². The number of ketones is 1. The van der Waals surface area contributed by atoms with Gasteiger partial charge in [-0.1, -0.05) is 12.8 Å². The molecule has 3 nitrogen and oxygen atoms in total. The number of esters is 1. The van der Waals surface area contributed by atoms with Crippen LogP contribution < -0.4 is 0 Å². The number of hydrogen-bond acceptors (Lipinski definition) is 3. The minimum atomic E-state index is -0.109. The number of carbonyl (C=O) groups is 2. The summed E-state index contributed by atoms with van der Waals surface area (Å²) in [4.78, 5) is 22.5. The van der Waals surface area contributed by atoms with Gasteiger partial charge in [-0.2, -0.15) is 0 Å². The molecule has 0 spiro atoms. The Bertz CT molecular complexity index is 235. The molecule has 0 aromatic rings. The highest BCUT2D eigenvalue weighted by atomic mass is 16.5. The van der Waals surface area contributed by atoms with E-state index in [9.17, 15) is 9.59 Å². The van der Waals surface area contributed by atoms with Gasteiger partial charge in [-0.3, -0.25) is 9.59 Å². The average molecular weight is 226 g/mol. The Labute approximate surface area is 97.5 Å². The van der Waals surface area contributed by atoms with Crippen molar-refractivity contribution in [3.8, 4) is 0 Å². The Morgan fingerprint density at radius 2 is 2.25 bits per heavy atom. The van der Waals surface area contributed by atoms with Crippen LogP contribution in [0.3, 0.4) is 0 Å². The van der Waals surface area contributed by atoms with Crippen molar-refractivity contribution in [2.24, 2.45) is 5.92 Å². The molecule has 0 aliphatic heterocycles. The SMILES string of the molecule is CCOC(=O)CCCC1CCCCC(=O)C1. The molecule has 0 aromatic heterocycles. The van der Waals surface area contributed by atoms with Crippen LogP contribution in [0, 0.1) is 5.92 Å². The van der Waals surface area contributed by atoms with Gasteiger partial charge in [0.2, 0.25) is 0 Å². The molecular weight excluding hydrogens is 204 g/mol. The smallest absolute Gasteiger partial charge is 0.305 e. The van der Waals surface area contributed by atoms with Crippen LogP contribution >= 0.6 is 0 Å². The van der Waals surface area contributed by atoms with E-state index in [1.807, 2.05) is 6.92 Å². The Balaban J connectivity index is 2.16. The van der Waals surface area contributed by atoms with Crippen molar-refractivity contribution in [3.05, 3.63) is 0 Å². The molecule has 1 saturated carbocycles. The molecule has 3 heteroatoms. The molecule has 0 amide bonds. The number of hydrogen-bond donors (Lipinski definition) is 0. The molecule has 0 radical (unpaired) electrons. The first-order valence-corrected chi connectivity index (χ1v) is 6.39. The highest BCUT2D eigenvalue weighted by molar-refractivity contribution is 5.78. The van der Waals surface area contributed by atoms with Gasteiger partial charge in [0.15, 0.2) is 0 Å². The fourth-order valence-electron chi connectivity index (χ4n) is 2.30. The summed E-state index contributed by atoms with van der Waals surface area (Å²) >= 11 is 0. The summed E-state index contributed by atoms with van der Waals surface area (Å²) in [7, 11) is 0. The summed E-state index contributed by atoms with van der Waals surface area (Å²) in [6, 6.07) is 0. The normalized spacial score (nSPS) is 21.6. The maximum absolute atomic E-state index is 11.4. The minimum Gasteiger partial charge on any atom is -0.466 e. The van der Waals surface area contributed by atoms with Crippen molar-refractivity contribution in [1.82, 2.24) is 0 Å². The standard InChI is InChI=1S/C13H22O3/c1-2-16-13(15)9-5-7-11-6-3-4-8-12(14)10-11/h11H,2-10H2,1H3. The lowest BCUT2D eigenvalue weighted by atomic mass is 9.94. The zero-order valence-electron chi connectivity index (χ0n) is 10.2. The number of Topliss-reactive ketones (excluding diaryl/α,β-unsaturated/α-hetero) is 1. The van der Waals surface area contributed by atoms with E-state index in [-0.39, 0.29) is 5.97 Å². The van der Waals surface area contributed by atoms with E-state index < -0.39 is 0 Å². The molecule has 0 N–H and O–H groups in total. The highest BCUT2D eigenvalue weighted by Crippen LogP contribution is 2.25. The predicted octanol–water partition coefficient (Wildman–Crippen LogP) is 2.87. The molecule has 16 heavy (non-hydrogen) atoms. The van der Waals surface area contributed by atoms with E-state index in [1.54, 1.807) is 0 Å². The zero-order chi connectivity index (χ0) is 11.8. The van der Waals surface area contributed by atoms with Gasteiger partial charge in [-0.25, -0.2) is 0 Å². The number of ether oxygens (including phenoxy) is 1. The summed E-state index contributed by atoms with van der Waals surface area (Å²) in [5, 5.41) is 0. The number of carbonyl (C=O) groups excluding carboxylic acids is 2. The molecule has 0 saturated heterocycles. The van der Waals surface area contributed by atoms with Gasteiger partial charge in [-0.05, 0) is 32.1 Å². The van der Waals surface area contributed by atoms with Crippen molar-refractivity contribution in [1.29, 1.82) is 0 Å². The van der Waals surface area contributed by atoms with Crippen LogP contribution in [0.5, 0.6) is 0 Å².